The largest absolute Gasteiger partial charge is 0.455 e. The van der Waals surface area contributed by atoms with Gasteiger partial charge in [-0.15, -0.1) is 0 Å². The molecule has 1 spiro atoms. The standard InChI is InChI=1S/C74H49NO/c1-73(2)63-29-12-8-21-55(63)58-41-39-50(45-67(58)73)75(49-37-34-47(35-38-49)53-27-16-28-61-60-25-11-15-33-70(60)76-72(53)61)69-43-42-51(54-20-6-7-24-59(54)69)48-36-40-62-68(44-48)74(64-30-13-9-22-56(64)57-23-10-14-31-65(57)74)66-32-17-26-52(71(62)66)46-18-4-3-5-19-46/h3-45H,1-2H3. The molecule has 76 heavy (non-hydrogen) atoms. The van der Waals surface area contributed by atoms with Gasteiger partial charge in [-0.25, -0.2) is 0 Å². The second-order valence-corrected chi connectivity index (χ2v) is 21.4. The number of benzene rings is 12. The Kier molecular flexibility index (Phi) is 9.04. The van der Waals surface area contributed by atoms with Gasteiger partial charge in [0.25, 0.3) is 0 Å². The lowest BCUT2D eigenvalue weighted by molar-refractivity contribution is 0.660. The zero-order valence-electron chi connectivity index (χ0n) is 42.2. The minimum absolute atomic E-state index is 0.165. The van der Waals surface area contributed by atoms with Crippen LogP contribution in [0.4, 0.5) is 17.1 Å². The number of hydrogen-bond acceptors (Lipinski definition) is 2. The van der Waals surface area contributed by atoms with Crippen molar-refractivity contribution in [2.75, 3.05) is 4.90 Å². The molecule has 0 atom stereocenters. The molecule has 1 heterocycles. The Hall–Kier alpha value is -9.50. The first kappa shape index (κ1) is 43.0. The molecule has 2 nitrogen and oxygen atoms in total. The SMILES string of the molecule is CC1(C)c2ccccc2-c2ccc(N(c3ccc(-c4cccc5c4oc4ccccc45)cc3)c3ccc(-c4ccc5c(c4)C4(c6ccccc6-c6ccccc64)c4cccc(-c6ccccc6)c4-5)c4ccccc34)cc21. The highest BCUT2D eigenvalue weighted by molar-refractivity contribution is 6.11. The van der Waals surface area contributed by atoms with Crippen LogP contribution in [-0.4, -0.2) is 0 Å². The van der Waals surface area contributed by atoms with Crippen LogP contribution in [0.15, 0.2) is 265 Å². The van der Waals surface area contributed by atoms with Gasteiger partial charge in [-0.1, -0.05) is 232 Å². The summed E-state index contributed by atoms with van der Waals surface area (Å²) in [6.07, 6.45) is 0. The first-order valence-corrected chi connectivity index (χ1v) is 26.6. The van der Waals surface area contributed by atoms with Crippen molar-refractivity contribution in [3.05, 3.63) is 294 Å². The highest BCUT2D eigenvalue weighted by Crippen LogP contribution is 2.64. The Morgan fingerprint density at radius 1 is 0.303 bits per heavy atom. The fourth-order valence-corrected chi connectivity index (χ4v) is 14.0. The van der Waals surface area contributed by atoms with Crippen LogP contribution in [-0.2, 0) is 10.8 Å². The van der Waals surface area contributed by atoms with Crippen molar-refractivity contribution in [3.8, 4) is 66.8 Å². The van der Waals surface area contributed by atoms with Crippen molar-refractivity contribution in [1.29, 1.82) is 0 Å². The zero-order valence-corrected chi connectivity index (χ0v) is 42.2. The van der Waals surface area contributed by atoms with E-state index >= 15 is 0 Å². The van der Waals surface area contributed by atoms with E-state index < -0.39 is 5.41 Å². The minimum Gasteiger partial charge on any atom is -0.455 e. The van der Waals surface area contributed by atoms with Crippen LogP contribution in [0.2, 0.25) is 0 Å². The quantitative estimate of drug-likeness (QED) is 0.165. The van der Waals surface area contributed by atoms with Gasteiger partial charge in [0.1, 0.15) is 11.2 Å². The summed E-state index contributed by atoms with van der Waals surface area (Å²) in [4.78, 5) is 2.48. The van der Waals surface area contributed by atoms with Crippen molar-refractivity contribution < 1.29 is 4.42 Å². The summed E-state index contributed by atoms with van der Waals surface area (Å²) in [6.45, 7) is 4.74. The van der Waals surface area contributed by atoms with E-state index in [9.17, 15) is 0 Å². The van der Waals surface area contributed by atoms with Crippen LogP contribution in [0.5, 0.6) is 0 Å². The number of furan rings is 1. The van der Waals surface area contributed by atoms with Gasteiger partial charge in [0, 0.05) is 38.5 Å². The van der Waals surface area contributed by atoms with Gasteiger partial charge in [-0.3, -0.25) is 0 Å². The molecule has 13 aromatic rings. The molecule has 0 N–H and O–H groups in total. The van der Waals surface area contributed by atoms with E-state index in [1.807, 2.05) is 6.07 Å². The van der Waals surface area contributed by atoms with Gasteiger partial charge in [0.05, 0.1) is 11.1 Å². The lowest BCUT2D eigenvalue weighted by Crippen LogP contribution is -2.25. The molecular weight excluding hydrogens is 919 g/mol. The highest BCUT2D eigenvalue weighted by atomic mass is 16.3. The molecule has 1 aromatic heterocycles. The second kappa shape index (κ2) is 16.0. The molecular formula is C74H49NO. The predicted octanol–water partition coefficient (Wildman–Crippen LogP) is 19.9. The number of rotatable bonds is 6. The molecule has 3 aliphatic rings. The van der Waals surface area contributed by atoms with Gasteiger partial charge < -0.3 is 9.32 Å². The molecule has 12 aromatic carbocycles. The third-order valence-electron chi connectivity index (χ3n) is 17.3. The average Bonchev–Trinajstić information content (AvgIpc) is 4.38. The molecule has 16 rings (SSSR count). The fourth-order valence-electron chi connectivity index (χ4n) is 14.0. The van der Waals surface area contributed by atoms with Crippen LogP contribution in [0.25, 0.3) is 99.5 Å². The maximum absolute atomic E-state index is 6.55. The number of fused-ring (bicyclic) bond motifs is 17. The molecule has 0 fully saturated rings. The summed E-state index contributed by atoms with van der Waals surface area (Å²) in [7, 11) is 0. The van der Waals surface area contributed by atoms with E-state index in [0.717, 1.165) is 50.1 Å². The van der Waals surface area contributed by atoms with E-state index in [-0.39, 0.29) is 5.41 Å². The number of para-hydroxylation sites is 2. The van der Waals surface area contributed by atoms with Gasteiger partial charge in [0.15, 0.2) is 0 Å². The van der Waals surface area contributed by atoms with Gasteiger partial charge in [-0.2, -0.15) is 0 Å². The fraction of sp³-hybridized carbons (Fsp3) is 0.0541. The van der Waals surface area contributed by atoms with Crippen LogP contribution in [0, 0.1) is 0 Å². The Bertz CT molecular complexity index is 4510. The minimum atomic E-state index is -0.492. The maximum Gasteiger partial charge on any atom is 0.143 e. The molecule has 0 saturated carbocycles. The van der Waals surface area contributed by atoms with E-state index in [1.165, 1.54) is 99.8 Å². The number of hydrogen-bond donors (Lipinski definition) is 0. The Morgan fingerprint density at radius 3 is 1.61 bits per heavy atom. The van der Waals surface area contributed by atoms with Gasteiger partial charge in [-0.05, 0) is 142 Å². The molecule has 3 aliphatic carbocycles. The van der Waals surface area contributed by atoms with E-state index in [2.05, 4.69) is 274 Å². The summed E-state index contributed by atoms with van der Waals surface area (Å²) in [5, 5.41) is 4.65. The average molecular weight is 968 g/mol. The summed E-state index contributed by atoms with van der Waals surface area (Å²) in [6, 6.07) is 97.1. The lowest BCUT2D eigenvalue weighted by Gasteiger charge is -2.31. The van der Waals surface area contributed by atoms with Crippen molar-refractivity contribution >= 4 is 49.8 Å². The van der Waals surface area contributed by atoms with Gasteiger partial charge >= 0.3 is 0 Å². The molecule has 356 valence electrons. The molecule has 2 heteroatoms. The van der Waals surface area contributed by atoms with Crippen LogP contribution >= 0.6 is 0 Å². The molecule has 0 unspecified atom stereocenters. The van der Waals surface area contributed by atoms with Crippen molar-refractivity contribution in [3.63, 3.8) is 0 Å². The summed E-state index contributed by atoms with van der Waals surface area (Å²) < 4.78 is 6.55. The zero-order chi connectivity index (χ0) is 50.3. The summed E-state index contributed by atoms with van der Waals surface area (Å²) in [5.41, 5.74) is 27.5. The number of anilines is 3. The Balaban J connectivity index is 0.891. The van der Waals surface area contributed by atoms with Crippen LogP contribution in [0.1, 0.15) is 47.2 Å². The van der Waals surface area contributed by atoms with Gasteiger partial charge in [0.2, 0.25) is 0 Å². The highest BCUT2D eigenvalue weighted by Gasteiger charge is 2.52. The molecule has 0 amide bonds. The lowest BCUT2D eigenvalue weighted by atomic mass is 9.70. The monoisotopic (exact) mass is 967 g/mol. The van der Waals surface area contributed by atoms with Crippen molar-refractivity contribution in [1.82, 2.24) is 0 Å². The molecule has 0 aliphatic heterocycles. The van der Waals surface area contributed by atoms with E-state index in [0.29, 0.717) is 0 Å². The maximum atomic E-state index is 6.55. The van der Waals surface area contributed by atoms with E-state index in [4.69, 9.17) is 4.42 Å². The van der Waals surface area contributed by atoms with Crippen LogP contribution < -0.4 is 4.90 Å². The first-order valence-electron chi connectivity index (χ1n) is 26.6. The third kappa shape index (κ3) is 5.87. The molecule has 0 bridgehead atoms. The van der Waals surface area contributed by atoms with Crippen molar-refractivity contribution in [2.24, 2.45) is 0 Å². The summed E-state index contributed by atoms with van der Waals surface area (Å²) >= 11 is 0. The van der Waals surface area contributed by atoms with Crippen LogP contribution in [0.3, 0.4) is 0 Å². The number of nitrogens with zero attached hydrogens (tertiary/aromatic N) is 1. The van der Waals surface area contributed by atoms with E-state index in [1.54, 1.807) is 0 Å². The predicted molar refractivity (Wildman–Crippen MR) is 316 cm³/mol. The second-order valence-electron chi connectivity index (χ2n) is 21.4. The molecule has 0 saturated heterocycles. The molecule has 0 radical (unpaired) electrons. The smallest absolute Gasteiger partial charge is 0.143 e. The Morgan fingerprint density at radius 2 is 0.829 bits per heavy atom. The van der Waals surface area contributed by atoms with Crippen molar-refractivity contribution in [2.45, 2.75) is 24.7 Å². The summed E-state index contributed by atoms with van der Waals surface area (Å²) in [5.74, 6) is 0. The Labute approximate surface area is 442 Å². The first-order chi connectivity index (χ1) is 37.5. The third-order valence-corrected chi connectivity index (χ3v) is 17.3. The topological polar surface area (TPSA) is 16.4 Å². The normalized spacial score (nSPS) is 13.9.